The van der Waals surface area contributed by atoms with Gasteiger partial charge >= 0.3 is 0 Å². The van der Waals surface area contributed by atoms with Gasteiger partial charge in [-0.1, -0.05) is 24.3 Å². The Balaban J connectivity index is 1.48. The molecule has 9 nitrogen and oxygen atoms in total. The Hall–Kier alpha value is -3.73. The number of piperidine rings is 1. The maximum Gasteiger partial charge on any atom is 0.259 e. The van der Waals surface area contributed by atoms with Crippen LogP contribution in [-0.2, 0) is 10.0 Å². The van der Waals surface area contributed by atoms with E-state index in [1.54, 1.807) is 36.5 Å². The topological polar surface area (TPSA) is 119 Å². The fourth-order valence-electron chi connectivity index (χ4n) is 4.74. The number of likely N-dealkylation sites (tertiary alicyclic amines) is 1. The van der Waals surface area contributed by atoms with Crippen LogP contribution in [0.2, 0.25) is 0 Å². The second-order valence-corrected chi connectivity index (χ2v) is 11.1. The minimum atomic E-state index is -3.69. The Morgan fingerprint density at radius 3 is 2.46 bits per heavy atom. The van der Waals surface area contributed by atoms with Gasteiger partial charge in [-0.3, -0.25) is 4.79 Å². The maximum atomic E-state index is 12.7. The molecular formula is C27H30N6O3S. The lowest BCUT2D eigenvalue weighted by Crippen LogP contribution is -2.29. The summed E-state index contributed by atoms with van der Waals surface area (Å²) in [6.45, 7) is 2.20. The van der Waals surface area contributed by atoms with Crippen LogP contribution in [0.25, 0.3) is 10.8 Å². The van der Waals surface area contributed by atoms with Crippen molar-refractivity contribution in [1.29, 1.82) is 0 Å². The van der Waals surface area contributed by atoms with Crippen molar-refractivity contribution >= 4 is 43.8 Å². The number of hydrogen-bond acceptors (Lipinski definition) is 7. The van der Waals surface area contributed by atoms with E-state index in [9.17, 15) is 13.2 Å². The van der Waals surface area contributed by atoms with Crippen molar-refractivity contribution in [1.82, 2.24) is 19.6 Å². The van der Waals surface area contributed by atoms with Crippen molar-refractivity contribution in [3.05, 3.63) is 82.8 Å². The number of pyridine rings is 2. The maximum absolute atomic E-state index is 12.7. The number of hydrogen-bond donors (Lipinski definition) is 4. The number of nitrogens with zero attached hydrogens (tertiary/aromatic N) is 2. The number of sulfonamides is 1. The van der Waals surface area contributed by atoms with Gasteiger partial charge in [-0.2, -0.15) is 0 Å². The van der Waals surface area contributed by atoms with E-state index in [0.29, 0.717) is 34.0 Å². The van der Waals surface area contributed by atoms with Crippen LogP contribution in [-0.4, -0.2) is 50.5 Å². The van der Waals surface area contributed by atoms with Crippen molar-refractivity contribution < 1.29 is 8.42 Å². The van der Waals surface area contributed by atoms with E-state index in [1.165, 1.54) is 18.7 Å². The van der Waals surface area contributed by atoms with E-state index in [4.69, 9.17) is 0 Å². The van der Waals surface area contributed by atoms with Crippen molar-refractivity contribution in [2.75, 3.05) is 37.8 Å². The average Bonchev–Trinajstić information content (AvgIpc) is 2.90. The molecule has 0 radical (unpaired) electrons. The summed E-state index contributed by atoms with van der Waals surface area (Å²) in [6, 6.07) is 18.4. The van der Waals surface area contributed by atoms with Crippen molar-refractivity contribution in [2.45, 2.75) is 23.7 Å². The highest BCUT2D eigenvalue weighted by Gasteiger charge is 2.19. The molecule has 0 atom stereocenters. The third-order valence-electron chi connectivity index (χ3n) is 6.83. The number of para-hydroxylation sites is 1. The summed E-state index contributed by atoms with van der Waals surface area (Å²) >= 11 is 0. The van der Waals surface area contributed by atoms with Gasteiger partial charge in [0.15, 0.2) is 0 Å². The van der Waals surface area contributed by atoms with Gasteiger partial charge in [0.05, 0.1) is 11.1 Å². The van der Waals surface area contributed by atoms with Gasteiger partial charge in [0.2, 0.25) is 10.0 Å². The molecule has 4 aromatic rings. The predicted octanol–water partition coefficient (Wildman–Crippen LogP) is 4.13. The highest BCUT2D eigenvalue weighted by molar-refractivity contribution is 7.89. The Bertz CT molecular complexity index is 1580. The second kappa shape index (κ2) is 10.3. The standard InChI is InChI=1S/C27H30N6O3S/c1-28-37(35,36)23-6-4-3-5-22(23)31-24-17-20-11-14-29-27(34)25(20)26(32-24)30-21-9-7-18(8-10-21)19-12-15-33(2)16-13-19/h3-11,14,17,19,28H,12-13,15-16H2,1-2H3,(H,29,34)(H2,30,31,32). The van der Waals surface area contributed by atoms with Crippen molar-refractivity contribution in [3.63, 3.8) is 0 Å². The first-order valence-electron chi connectivity index (χ1n) is 12.2. The highest BCUT2D eigenvalue weighted by atomic mass is 32.2. The Labute approximate surface area is 216 Å². The van der Waals surface area contributed by atoms with Gasteiger partial charge in [0.25, 0.3) is 5.56 Å². The first-order chi connectivity index (χ1) is 17.8. The molecule has 0 spiro atoms. The first kappa shape index (κ1) is 24.9. The quantitative estimate of drug-likeness (QED) is 0.290. The first-order valence-corrected chi connectivity index (χ1v) is 13.7. The van der Waals surface area contributed by atoms with Gasteiger partial charge < -0.3 is 20.5 Å². The zero-order valence-electron chi connectivity index (χ0n) is 20.8. The normalized spacial score (nSPS) is 15.1. The largest absolute Gasteiger partial charge is 0.339 e. The molecule has 0 bridgehead atoms. The molecule has 37 heavy (non-hydrogen) atoms. The average molecular weight is 519 g/mol. The lowest BCUT2D eigenvalue weighted by atomic mass is 9.89. The zero-order valence-corrected chi connectivity index (χ0v) is 21.6. The van der Waals surface area contributed by atoms with E-state index in [2.05, 4.69) is 49.4 Å². The summed E-state index contributed by atoms with van der Waals surface area (Å²) < 4.78 is 27.4. The van der Waals surface area contributed by atoms with Crippen LogP contribution in [0.4, 0.5) is 23.0 Å². The van der Waals surface area contributed by atoms with Crippen LogP contribution in [0.5, 0.6) is 0 Å². The van der Waals surface area contributed by atoms with Crippen LogP contribution in [0, 0.1) is 0 Å². The van der Waals surface area contributed by atoms with E-state index >= 15 is 0 Å². The molecule has 1 aliphatic rings. The Kier molecular flexibility index (Phi) is 6.96. The van der Waals surface area contributed by atoms with E-state index in [0.717, 1.165) is 31.6 Å². The van der Waals surface area contributed by atoms with E-state index < -0.39 is 10.0 Å². The molecule has 1 aliphatic heterocycles. The predicted molar refractivity (Wildman–Crippen MR) is 148 cm³/mol. The Morgan fingerprint density at radius 1 is 1.00 bits per heavy atom. The number of nitrogens with one attached hydrogen (secondary N) is 4. The van der Waals surface area contributed by atoms with Gasteiger partial charge in [-0.05, 0) is 93.3 Å². The summed E-state index contributed by atoms with van der Waals surface area (Å²) in [5.41, 5.74) is 2.23. The second-order valence-electron chi connectivity index (χ2n) is 9.28. The molecule has 0 unspecified atom stereocenters. The third-order valence-corrected chi connectivity index (χ3v) is 8.30. The summed E-state index contributed by atoms with van der Waals surface area (Å²) in [6.07, 6.45) is 3.86. The lowest BCUT2D eigenvalue weighted by molar-refractivity contribution is 0.255. The van der Waals surface area contributed by atoms with Crippen LogP contribution >= 0.6 is 0 Å². The minimum Gasteiger partial charge on any atom is -0.339 e. The molecule has 5 rings (SSSR count). The SMILES string of the molecule is CNS(=O)(=O)c1ccccc1Nc1cc2cc[nH]c(=O)c2c(Nc2ccc(C3CCN(C)CC3)cc2)n1. The molecule has 0 amide bonds. The molecule has 1 fully saturated rings. The molecule has 0 aliphatic carbocycles. The number of aromatic amines is 1. The molecule has 2 aromatic heterocycles. The van der Waals surface area contributed by atoms with Crippen LogP contribution in [0.3, 0.4) is 0 Å². The zero-order chi connectivity index (χ0) is 26.0. The molecule has 192 valence electrons. The van der Waals surface area contributed by atoms with Crippen molar-refractivity contribution in [3.8, 4) is 0 Å². The monoisotopic (exact) mass is 518 g/mol. The summed E-state index contributed by atoms with van der Waals surface area (Å²) in [7, 11) is -0.163. The molecule has 10 heteroatoms. The minimum absolute atomic E-state index is 0.101. The summed E-state index contributed by atoms with van der Waals surface area (Å²) in [5.74, 6) is 1.33. The van der Waals surface area contributed by atoms with Gasteiger partial charge in [0, 0.05) is 11.9 Å². The number of fused-ring (bicyclic) bond motifs is 1. The van der Waals surface area contributed by atoms with Crippen LogP contribution in [0.1, 0.15) is 24.3 Å². The third kappa shape index (κ3) is 5.36. The van der Waals surface area contributed by atoms with Crippen molar-refractivity contribution in [2.24, 2.45) is 0 Å². The number of rotatable bonds is 7. The van der Waals surface area contributed by atoms with E-state index in [1.807, 2.05) is 12.1 Å². The lowest BCUT2D eigenvalue weighted by Gasteiger charge is -2.29. The summed E-state index contributed by atoms with van der Waals surface area (Å²) in [4.78, 5) is 22.6. The summed E-state index contributed by atoms with van der Waals surface area (Å²) in [5, 5.41) is 7.50. The number of benzene rings is 2. The fourth-order valence-corrected chi connectivity index (χ4v) is 5.62. The fraction of sp³-hybridized carbons (Fsp3) is 0.259. The number of H-pyrrole nitrogens is 1. The van der Waals surface area contributed by atoms with Gasteiger partial charge in [-0.15, -0.1) is 0 Å². The molecular weight excluding hydrogens is 488 g/mol. The van der Waals surface area contributed by atoms with Gasteiger partial charge in [0.1, 0.15) is 16.5 Å². The van der Waals surface area contributed by atoms with Crippen LogP contribution < -0.4 is 20.9 Å². The van der Waals surface area contributed by atoms with E-state index in [-0.39, 0.29) is 10.5 Å². The highest BCUT2D eigenvalue weighted by Crippen LogP contribution is 2.31. The smallest absolute Gasteiger partial charge is 0.259 e. The molecule has 1 saturated heterocycles. The molecule has 3 heterocycles. The van der Waals surface area contributed by atoms with Crippen LogP contribution in [0.15, 0.2) is 76.6 Å². The molecule has 0 saturated carbocycles. The molecule has 2 aromatic carbocycles. The van der Waals surface area contributed by atoms with Gasteiger partial charge in [-0.25, -0.2) is 18.1 Å². The Morgan fingerprint density at radius 2 is 1.73 bits per heavy atom. The number of aromatic nitrogens is 2. The number of anilines is 4. The molecule has 4 N–H and O–H groups in total.